The third-order valence-electron chi connectivity index (χ3n) is 2.96. The van der Waals surface area contributed by atoms with E-state index in [-0.39, 0.29) is 0 Å². The Morgan fingerprint density at radius 2 is 2.47 bits per heavy atom. The average Bonchev–Trinajstić information content (AvgIpc) is 2.85. The molecule has 15 heavy (non-hydrogen) atoms. The van der Waals surface area contributed by atoms with Crippen molar-refractivity contribution < 1.29 is 0 Å². The number of nitrogens with one attached hydrogen (secondary N) is 1. The molecule has 1 nitrogen and oxygen atoms in total. The van der Waals surface area contributed by atoms with Gasteiger partial charge in [0, 0.05) is 17.8 Å². The van der Waals surface area contributed by atoms with Crippen LogP contribution in [-0.2, 0) is 6.54 Å². The van der Waals surface area contributed by atoms with Gasteiger partial charge >= 0.3 is 0 Å². The summed E-state index contributed by atoms with van der Waals surface area (Å²) in [5.74, 6) is 1.27. The summed E-state index contributed by atoms with van der Waals surface area (Å²) in [6.45, 7) is 3.31. The van der Waals surface area contributed by atoms with Crippen LogP contribution < -0.4 is 5.32 Å². The van der Waals surface area contributed by atoms with Crippen LogP contribution in [0.25, 0.3) is 0 Å². The predicted molar refractivity (Wildman–Crippen MR) is 70.7 cm³/mol. The molecule has 1 aliphatic rings. The van der Waals surface area contributed by atoms with Crippen molar-refractivity contribution >= 4 is 23.1 Å². The lowest BCUT2D eigenvalue weighted by atomic mass is 10.2. The van der Waals surface area contributed by atoms with Crippen LogP contribution in [0.3, 0.4) is 0 Å². The van der Waals surface area contributed by atoms with E-state index in [1.807, 2.05) is 0 Å². The van der Waals surface area contributed by atoms with Crippen molar-refractivity contribution in [2.45, 2.75) is 44.0 Å². The maximum atomic E-state index is 3.67. The molecule has 3 heteroatoms. The zero-order valence-corrected chi connectivity index (χ0v) is 10.9. The Morgan fingerprint density at radius 3 is 3.20 bits per heavy atom. The first-order valence-electron chi connectivity index (χ1n) is 5.74. The van der Waals surface area contributed by atoms with Gasteiger partial charge in [0.25, 0.3) is 0 Å². The Kier molecular flexibility index (Phi) is 4.54. The van der Waals surface area contributed by atoms with Gasteiger partial charge in [0.15, 0.2) is 0 Å². The second-order valence-corrected chi connectivity index (χ2v) is 6.46. The highest BCUT2D eigenvalue weighted by Gasteiger charge is 2.23. The summed E-state index contributed by atoms with van der Waals surface area (Å²) >= 11 is 3.91. The van der Waals surface area contributed by atoms with Crippen LogP contribution in [0.2, 0.25) is 0 Å². The van der Waals surface area contributed by atoms with Crippen molar-refractivity contribution in [2.24, 2.45) is 0 Å². The quantitative estimate of drug-likeness (QED) is 0.846. The smallest absolute Gasteiger partial charge is 0.0216 e. The Bertz CT molecular complexity index is 271. The first kappa shape index (κ1) is 11.5. The molecule has 0 bridgehead atoms. The third-order valence-corrected chi connectivity index (χ3v) is 4.93. The van der Waals surface area contributed by atoms with Gasteiger partial charge in [-0.15, -0.1) is 0 Å². The molecular formula is C12H19NS2. The van der Waals surface area contributed by atoms with Crippen LogP contribution >= 0.6 is 23.1 Å². The molecule has 0 radical (unpaired) electrons. The molecule has 0 spiro atoms. The van der Waals surface area contributed by atoms with E-state index in [1.54, 1.807) is 11.3 Å². The minimum absolute atomic E-state index is 0.758. The highest BCUT2D eigenvalue weighted by Crippen LogP contribution is 2.29. The normalized spacial score (nSPS) is 25.9. The second-order valence-electron chi connectivity index (χ2n) is 4.10. The van der Waals surface area contributed by atoms with E-state index in [0.29, 0.717) is 0 Å². The molecule has 0 aromatic carbocycles. The van der Waals surface area contributed by atoms with Gasteiger partial charge in [-0.1, -0.05) is 6.92 Å². The van der Waals surface area contributed by atoms with Gasteiger partial charge in [0.2, 0.25) is 0 Å². The fourth-order valence-electron chi connectivity index (χ4n) is 2.17. The standard InChI is InChI=1S/C12H19NS2/c1-2-15-12-4-3-11(7-12)13-8-10-5-6-14-9-10/h5-6,9,11-13H,2-4,7-8H2,1H3. The molecule has 2 rings (SSSR count). The van der Waals surface area contributed by atoms with Gasteiger partial charge in [-0.3, -0.25) is 0 Å². The van der Waals surface area contributed by atoms with Crippen molar-refractivity contribution in [3.05, 3.63) is 22.4 Å². The Hall–Kier alpha value is 0.01000. The van der Waals surface area contributed by atoms with Crippen molar-refractivity contribution in [1.82, 2.24) is 5.32 Å². The van der Waals surface area contributed by atoms with E-state index in [1.165, 1.54) is 30.6 Å². The molecule has 1 aromatic rings. The van der Waals surface area contributed by atoms with Crippen LogP contribution in [0.1, 0.15) is 31.7 Å². The molecule has 0 saturated heterocycles. The van der Waals surface area contributed by atoms with Crippen LogP contribution in [0, 0.1) is 0 Å². The maximum Gasteiger partial charge on any atom is 0.0216 e. The monoisotopic (exact) mass is 241 g/mol. The molecular weight excluding hydrogens is 222 g/mol. The number of thioether (sulfide) groups is 1. The van der Waals surface area contributed by atoms with E-state index in [4.69, 9.17) is 0 Å². The van der Waals surface area contributed by atoms with Gasteiger partial charge < -0.3 is 5.32 Å². The van der Waals surface area contributed by atoms with Gasteiger partial charge in [-0.05, 0) is 47.4 Å². The van der Waals surface area contributed by atoms with Gasteiger partial charge in [-0.25, -0.2) is 0 Å². The van der Waals surface area contributed by atoms with E-state index in [0.717, 1.165) is 17.8 Å². The van der Waals surface area contributed by atoms with Crippen molar-refractivity contribution in [2.75, 3.05) is 5.75 Å². The van der Waals surface area contributed by atoms with Gasteiger partial charge in [0.05, 0.1) is 0 Å². The average molecular weight is 241 g/mol. The van der Waals surface area contributed by atoms with Gasteiger partial charge in [-0.2, -0.15) is 23.1 Å². The molecule has 1 aliphatic carbocycles. The number of hydrogen-bond donors (Lipinski definition) is 1. The highest BCUT2D eigenvalue weighted by molar-refractivity contribution is 7.99. The molecule has 0 amide bonds. The molecule has 84 valence electrons. The zero-order valence-electron chi connectivity index (χ0n) is 9.24. The van der Waals surface area contributed by atoms with E-state index in [9.17, 15) is 0 Å². The van der Waals surface area contributed by atoms with Crippen LogP contribution in [0.15, 0.2) is 16.8 Å². The molecule has 1 aromatic heterocycles. The minimum Gasteiger partial charge on any atom is -0.310 e. The summed E-state index contributed by atoms with van der Waals surface area (Å²) in [7, 11) is 0. The number of hydrogen-bond acceptors (Lipinski definition) is 3. The summed E-state index contributed by atoms with van der Waals surface area (Å²) in [5, 5.41) is 8.97. The van der Waals surface area contributed by atoms with E-state index in [2.05, 4.69) is 40.8 Å². The Morgan fingerprint density at radius 1 is 1.53 bits per heavy atom. The summed E-state index contributed by atoms with van der Waals surface area (Å²) in [4.78, 5) is 0. The molecule has 1 fully saturated rings. The second kappa shape index (κ2) is 5.92. The summed E-state index contributed by atoms with van der Waals surface area (Å²) in [6.07, 6.45) is 4.13. The summed E-state index contributed by atoms with van der Waals surface area (Å²) in [5.41, 5.74) is 1.44. The van der Waals surface area contributed by atoms with Crippen molar-refractivity contribution in [3.63, 3.8) is 0 Å². The Balaban J connectivity index is 1.69. The summed E-state index contributed by atoms with van der Waals surface area (Å²) < 4.78 is 0. The topological polar surface area (TPSA) is 12.0 Å². The van der Waals surface area contributed by atoms with Crippen molar-refractivity contribution in [3.8, 4) is 0 Å². The SMILES string of the molecule is CCSC1CCC(NCc2ccsc2)C1. The van der Waals surface area contributed by atoms with E-state index >= 15 is 0 Å². The Labute approximate surface area is 101 Å². The lowest BCUT2D eigenvalue weighted by Crippen LogP contribution is -2.25. The lowest BCUT2D eigenvalue weighted by Gasteiger charge is -2.12. The first-order chi connectivity index (χ1) is 7.38. The molecule has 2 atom stereocenters. The molecule has 0 aliphatic heterocycles. The first-order valence-corrected chi connectivity index (χ1v) is 7.73. The highest BCUT2D eigenvalue weighted by atomic mass is 32.2. The van der Waals surface area contributed by atoms with Crippen LogP contribution in [-0.4, -0.2) is 17.0 Å². The van der Waals surface area contributed by atoms with Crippen LogP contribution in [0.4, 0.5) is 0 Å². The molecule has 1 saturated carbocycles. The molecule has 1 N–H and O–H groups in total. The predicted octanol–water partition coefficient (Wildman–Crippen LogP) is 3.51. The minimum atomic E-state index is 0.758. The molecule has 2 unspecified atom stereocenters. The molecule has 1 heterocycles. The largest absolute Gasteiger partial charge is 0.310 e. The number of rotatable bonds is 5. The maximum absolute atomic E-state index is 3.67. The van der Waals surface area contributed by atoms with E-state index < -0.39 is 0 Å². The fraction of sp³-hybridized carbons (Fsp3) is 0.667. The fourth-order valence-corrected chi connectivity index (χ4v) is 3.98. The van der Waals surface area contributed by atoms with Crippen molar-refractivity contribution in [1.29, 1.82) is 0 Å². The van der Waals surface area contributed by atoms with Gasteiger partial charge in [0.1, 0.15) is 0 Å². The lowest BCUT2D eigenvalue weighted by molar-refractivity contribution is 0.525. The zero-order chi connectivity index (χ0) is 10.5. The summed E-state index contributed by atoms with van der Waals surface area (Å²) in [6, 6.07) is 2.97. The third kappa shape index (κ3) is 3.51. The van der Waals surface area contributed by atoms with Crippen LogP contribution in [0.5, 0.6) is 0 Å². The number of thiophene rings is 1.